The zero-order chi connectivity index (χ0) is 15.5. The van der Waals surface area contributed by atoms with Crippen LogP contribution in [0.25, 0.3) is 0 Å². The van der Waals surface area contributed by atoms with Gasteiger partial charge in [-0.05, 0) is 33.8 Å². The maximum Gasteiger partial charge on any atom is 0.408 e. The fourth-order valence-corrected chi connectivity index (χ4v) is 1.61. The molecule has 2 N–H and O–H groups in total. The van der Waals surface area contributed by atoms with Gasteiger partial charge in [0.25, 0.3) is 0 Å². The number of carbonyl (C=O) groups excluding carboxylic acids is 1. The number of alkyl carbamates (subject to hydrolysis) is 1. The van der Waals surface area contributed by atoms with Crippen molar-refractivity contribution in [2.24, 2.45) is 0 Å². The third kappa shape index (κ3) is 4.59. The molecule has 0 aliphatic rings. The van der Waals surface area contributed by atoms with Gasteiger partial charge >= 0.3 is 6.09 Å². The van der Waals surface area contributed by atoms with E-state index >= 15 is 0 Å². The zero-order valence-electron chi connectivity index (χ0n) is 12.5. The molecule has 2 heterocycles. The molecule has 0 aromatic carbocycles. The van der Waals surface area contributed by atoms with E-state index in [0.717, 1.165) is 5.69 Å². The minimum atomic E-state index is -0.549. The normalized spacial score (nSPS) is 13.0. The van der Waals surface area contributed by atoms with E-state index in [9.17, 15) is 4.79 Å². The standard InChI is InChI=1S/C13H19N5O3/c1-8(15-12(19)20-13(2,3)4)11-16-10(21-18-11)7-9-5-6-14-17-9/h5-6,8H,7H2,1-4H3,(H,14,17)(H,15,19)/t8-/m1/s1. The third-order valence-electron chi connectivity index (χ3n) is 2.50. The molecular formula is C13H19N5O3. The second kappa shape index (κ2) is 5.94. The summed E-state index contributed by atoms with van der Waals surface area (Å²) in [6.07, 6.45) is 1.60. The molecule has 0 aliphatic heterocycles. The molecule has 0 aliphatic carbocycles. The summed E-state index contributed by atoms with van der Waals surface area (Å²) in [5.41, 5.74) is 0.324. The lowest BCUT2D eigenvalue weighted by molar-refractivity contribution is 0.0505. The zero-order valence-corrected chi connectivity index (χ0v) is 12.5. The van der Waals surface area contributed by atoms with Crippen LogP contribution in [0.15, 0.2) is 16.8 Å². The van der Waals surface area contributed by atoms with E-state index in [2.05, 4.69) is 25.7 Å². The minimum Gasteiger partial charge on any atom is -0.444 e. The van der Waals surface area contributed by atoms with Gasteiger partial charge in [-0.1, -0.05) is 5.16 Å². The highest BCUT2D eigenvalue weighted by Gasteiger charge is 2.21. The fourth-order valence-electron chi connectivity index (χ4n) is 1.61. The average Bonchev–Trinajstić information content (AvgIpc) is 2.98. The van der Waals surface area contributed by atoms with E-state index in [4.69, 9.17) is 9.26 Å². The molecule has 0 fully saturated rings. The van der Waals surface area contributed by atoms with Crippen molar-refractivity contribution in [2.45, 2.75) is 45.8 Å². The molecule has 21 heavy (non-hydrogen) atoms. The second-order valence-electron chi connectivity index (χ2n) is 5.67. The highest BCUT2D eigenvalue weighted by molar-refractivity contribution is 5.68. The second-order valence-corrected chi connectivity index (χ2v) is 5.67. The molecule has 0 unspecified atom stereocenters. The van der Waals surface area contributed by atoms with Crippen LogP contribution in [0.1, 0.15) is 51.1 Å². The summed E-state index contributed by atoms with van der Waals surface area (Å²) in [6, 6.07) is 1.42. The largest absolute Gasteiger partial charge is 0.444 e. The van der Waals surface area contributed by atoms with Crippen molar-refractivity contribution >= 4 is 6.09 Å². The molecule has 1 atom stereocenters. The van der Waals surface area contributed by atoms with Crippen LogP contribution in [0.4, 0.5) is 4.79 Å². The Bertz CT molecular complexity index is 585. The summed E-state index contributed by atoms with van der Waals surface area (Å²) in [5, 5.41) is 13.2. The van der Waals surface area contributed by atoms with Crippen molar-refractivity contribution in [3.05, 3.63) is 29.7 Å². The van der Waals surface area contributed by atoms with Gasteiger partial charge in [0.1, 0.15) is 5.60 Å². The number of rotatable bonds is 4. The lowest BCUT2D eigenvalue weighted by Gasteiger charge is -2.20. The number of aromatic amines is 1. The van der Waals surface area contributed by atoms with Gasteiger partial charge in [-0.3, -0.25) is 5.10 Å². The van der Waals surface area contributed by atoms with Gasteiger partial charge in [0.15, 0.2) is 5.82 Å². The van der Waals surface area contributed by atoms with Crippen LogP contribution < -0.4 is 5.32 Å². The number of H-pyrrole nitrogens is 1. The number of amides is 1. The predicted octanol–water partition coefficient (Wildman–Crippen LogP) is 1.97. The number of aromatic nitrogens is 4. The van der Waals surface area contributed by atoms with Crippen molar-refractivity contribution in [1.82, 2.24) is 25.7 Å². The Labute approximate surface area is 122 Å². The van der Waals surface area contributed by atoms with Crippen LogP contribution in [0, 0.1) is 0 Å². The van der Waals surface area contributed by atoms with Gasteiger partial charge in [-0.25, -0.2) is 4.79 Å². The smallest absolute Gasteiger partial charge is 0.408 e. The molecule has 2 aromatic heterocycles. The third-order valence-corrected chi connectivity index (χ3v) is 2.50. The molecule has 1 amide bonds. The summed E-state index contributed by atoms with van der Waals surface area (Å²) in [5.74, 6) is 0.850. The van der Waals surface area contributed by atoms with Crippen LogP contribution in [0.2, 0.25) is 0 Å². The van der Waals surface area contributed by atoms with Crippen molar-refractivity contribution in [3.63, 3.8) is 0 Å². The SMILES string of the molecule is C[C@@H](NC(=O)OC(C)(C)C)c1noc(Cc2ccn[nH]2)n1. The van der Waals surface area contributed by atoms with Gasteiger partial charge in [0.2, 0.25) is 5.89 Å². The number of hydrogen-bond donors (Lipinski definition) is 2. The molecule has 0 bridgehead atoms. The van der Waals surface area contributed by atoms with Crippen LogP contribution in [-0.4, -0.2) is 32.0 Å². The van der Waals surface area contributed by atoms with Crippen LogP contribution in [0.3, 0.4) is 0 Å². The lowest BCUT2D eigenvalue weighted by Crippen LogP contribution is -2.34. The molecule has 0 radical (unpaired) electrons. The van der Waals surface area contributed by atoms with E-state index in [0.29, 0.717) is 18.1 Å². The Morgan fingerprint density at radius 1 is 1.52 bits per heavy atom. The van der Waals surface area contributed by atoms with E-state index in [1.54, 1.807) is 33.9 Å². The molecule has 0 saturated heterocycles. The summed E-state index contributed by atoms with van der Waals surface area (Å²) < 4.78 is 10.3. The van der Waals surface area contributed by atoms with Crippen LogP contribution >= 0.6 is 0 Å². The molecule has 114 valence electrons. The number of hydrogen-bond acceptors (Lipinski definition) is 6. The summed E-state index contributed by atoms with van der Waals surface area (Å²) in [6.45, 7) is 7.16. The monoisotopic (exact) mass is 293 g/mol. The first-order chi connectivity index (χ1) is 9.83. The topological polar surface area (TPSA) is 106 Å². The first-order valence-corrected chi connectivity index (χ1v) is 6.64. The first-order valence-electron chi connectivity index (χ1n) is 6.64. The highest BCUT2D eigenvalue weighted by atomic mass is 16.6. The maximum atomic E-state index is 11.7. The Morgan fingerprint density at radius 2 is 2.29 bits per heavy atom. The predicted molar refractivity (Wildman–Crippen MR) is 73.5 cm³/mol. The Hall–Kier alpha value is -2.38. The van der Waals surface area contributed by atoms with Crippen LogP contribution in [0.5, 0.6) is 0 Å². The fraction of sp³-hybridized carbons (Fsp3) is 0.538. The van der Waals surface area contributed by atoms with Gasteiger partial charge in [-0.15, -0.1) is 0 Å². The van der Waals surface area contributed by atoms with Crippen molar-refractivity contribution < 1.29 is 14.1 Å². The summed E-state index contributed by atoms with van der Waals surface area (Å²) in [4.78, 5) is 15.9. The lowest BCUT2D eigenvalue weighted by atomic mass is 10.2. The molecular weight excluding hydrogens is 274 g/mol. The average molecular weight is 293 g/mol. The van der Waals surface area contributed by atoms with E-state index in [1.807, 2.05) is 6.07 Å². The minimum absolute atomic E-state index is 0.398. The molecule has 2 rings (SSSR count). The number of nitrogens with zero attached hydrogens (tertiary/aromatic N) is 3. The number of carbonyl (C=O) groups is 1. The first kappa shape index (κ1) is 15.0. The van der Waals surface area contributed by atoms with Gasteiger partial charge in [0, 0.05) is 11.9 Å². The molecule has 0 spiro atoms. The Balaban J connectivity index is 1.92. The Morgan fingerprint density at radius 3 is 2.90 bits per heavy atom. The molecule has 8 nitrogen and oxygen atoms in total. The summed E-state index contributed by atoms with van der Waals surface area (Å²) >= 11 is 0. The van der Waals surface area contributed by atoms with Crippen molar-refractivity contribution in [1.29, 1.82) is 0 Å². The molecule has 0 saturated carbocycles. The van der Waals surface area contributed by atoms with Gasteiger partial charge in [-0.2, -0.15) is 10.1 Å². The maximum absolute atomic E-state index is 11.7. The highest BCUT2D eigenvalue weighted by Crippen LogP contribution is 2.12. The van der Waals surface area contributed by atoms with Crippen molar-refractivity contribution in [2.75, 3.05) is 0 Å². The number of ether oxygens (including phenoxy) is 1. The molecule has 2 aromatic rings. The van der Waals surface area contributed by atoms with Crippen molar-refractivity contribution in [3.8, 4) is 0 Å². The quantitative estimate of drug-likeness (QED) is 0.892. The van der Waals surface area contributed by atoms with Gasteiger partial charge < -0.3 is 14.6 Å². The molecule has 8 heteroatoms. The Kier molecular flexibility index (Phi) is 4.25. The van der Waals surface area contributed by atoms with Gasteiger partial charge in [0.05, 0.1) is 12.5 Å². The number of nitrogens with one attached hydrogen (secondary N) is 2. The van der Waals surface area contributed by atoms with E-state index in [-0.39, 0.29) is 0 Å². The van der Waals surface area contributed by atoms with E-state index < -0.39 is 17.7 Å². The summed E-state index contributed by atoms with van der Waals surface area (Å²) in [7, 11) is 0. The van der Waals surface area contributed by atoms with E-state index in [1.165, 1.54) is 0 Å². The van der Waals surface area contributed by atoms with Crippen LogP contribution in [-0.2, 0) is 11.2 Å².